The van der Waals surface area contributed by atoms with Crippen molar-refractivity contribution in [1.82, 2.24) is 4.98 Å². The Morgan fingerprint density at radius 2 is 2.57 bits per heavy atom. The zero-order chi connectivity index (χ0) is 5.28. The standard InChI is InChI=1S/C3H5BN2O/c4-2-1-6-3(5)7-2/h1H,4H2,(H2,5,6). The monoisotopic (exact) mass is 96.0 g/mol. The largest absolute Gasteiger partial charge is 0.440 e. The first-order chi connectivity index (χ1) is 3.29. The maximum atomic E-state index is 5.10. The van der Waals surface area contributed by atoms with Crippen LogP contribution in [0.3, 0.4) is 0 Å². The molecule has 1 heterocycles. The Balaban J connectivity index is 3.04. The third-order valence-electron chi connectivity index (χ3n) is 0.639. The van der Waals surface area contributed by atoms with E-state index in [4.69, 9.17) is 10.2 Å². The first-order valence-corrected chi connectivity index (χ1v) is 1.97. The van der Waals surface area contributed by atoms with Gasteiger partial charge in [0.2, 0.25) is 0 Å². The molecule has 0 amide bonds. The molecule has 0 bridgehead atoms. The van der Waals surface area contributed by atoms with Crippen LogP contribution in [0.15, 0.2) is 10.6 Å². The molecular formula is C3H5BN2O. The fourth-order valence-electron chi connectivity index (χ4n) is 0.372. The van der Waals surface area contributed by atoms with E-state index in [0.29, 0.717) is 0 Å². The summed E-state index contributed by atoms with van der Waals surface area (Å²) >= 11 is 0. The van der Waals surface area contributed by atoms with E-state index >= 15 is 0 Å². The van der Waals surface area contributed by atoms with Gasteiger partial charge in [0.25, 0.3) is 6.01 Å². The van der Waals surface area contributed by atoms with Crippen LogP contribution in [0.4, 0.5) is 6.01 Å². The van der Waals surface area contributed by atoms with Crippen LogP contribution in [0.1, 0.15) is 0 Å². The zero-order valence-electron chi connectivity index (χ0n) is 4.01. The third kappa shape index (κ3) is 0.736. The molecule has 7 heavy (non-hydrogen) atoms. The Hall–Kier alpha value is -0.925. The predicted molar refractivity (Wildman–Crippen MR) is 29.1 cm³/mol. The molecular weight excluding hydrogens is 90.9 g/mol. The van der Waals surface area contributed by atoms with Gasteiger partial charge >= 0.3 is 0 Å². The highest BCUT2D eigenvalue weighted by molar-refractivity contribution is 6.29. The smallest absolute Gasteiger partial charge is 0.291 e. The molecule has 0 spiro atoms. The lowest BCUT2D eigenvalue weighted by atomic mass is 10.1. The minimum atomic E-state index is 0.234. The summed E-state index contributed by atoms with van der Waals surface area (Å²) in [6, 6.07) is 0.234. The summed E-state index contributed by atoms with van der Waals surface area (Å²) in [5.74, 6) is 0. The summed E-state index contributed by atoms with van der Waals surface area (Å²) in [5, 5.41) is 0. The minimum absolute atomic E-state index is 0.234. The zero-order valence-corrected chi connectivity index (χ0v) is 4.01. The van der Waals surface area contributed by atoms with Gasteiger partial charge < -0.3 is 10.2 Å². The van der Waals surface area contributed by atoms with Crippen molar-refractivity contribution < 1.29 is 4.42 Å². The summed E-state index contributed by atoms with van der Waals surface area (Å²) < 4.78 is 4.75. The fraction of sp³-hybridized carbons (Fsp3) is 0. The molecule has 1 rings (SSSR count). The lowest BCUT2D eigenvalue weighted by Crippen LogP contribution is -1.93. The molecule has 4 heteroatoms. The van der Waals surface area contributed by atoms with Crippen LogP contribution in [0.2, 0.25) is 0 Å². The number of anilines is 1. The van der Waals surface area contributed by atoms with E-state index in [0.717, 1.165) is 5.66 Å². The van der Waals surface area contributed by atoms with Gasteiger partial charge in [0, 0.05) is 0 Å². The van der Waals surface area contributed by atoms with Gasteiger partial charge in [-0.15, -0.1) is 0 Å². The molecule has 3 nitrogen and oxygen atoms in total. The maximum Gasteiger partial charge on any atom is 0.291 e. The average Bonchev–Trinajstić information content (AvgIpc) is 1.87. The van der Waals surface area contributed by atoms with Gasteiger partial charge in [-0.1, -0.05) is 0 Å². The SMILES string of the molecule is Bc1cnc(N)o1. The summed E-state index contributed by atoms with van der Waals surface area (Å²) in [6.07, 6.45) is 1.58. The molecule has 0 aromatic carbocycles. The Kier molecular flexibility index (Phi) is 0.783. The normalized spacial score (nSPS) is 9.14. The first-order valence-electron chi connectivity index (χ1n) is 1.97. The van der Waals surface area contributed by atoms with Crippen molar-refractivity contribution in [2.24, 2.45) is 0 Å². The van der Waals surface area contributed by atoms with Gasteiger partial charge in [0.1, 0.15) is 0 Å². The van der Waals surface area contributed by atoms with Crippen molar-refractivity contribution in [3.05, 3.63) is 6.20 Å². The van der Waals surface area contributed by atoms with Crippen LogP contribution < -0.4 is 11.4 Å². The highest BCUT2D eigenvalue weighted by atomic mass is 16.4. The molecule has 36 valence electrons. The van der Waals surface area contributed by atoms with Crippen LogP contribution in [0.5, 0.6) is 0 Å². The van der Waals surface area contributed by atoms with Gasteiger partial charge in [-0.05, 0) is 0 Å². The van der Waals surface area contributed by atoms with Crippen molar-refractivity contribution in [1.29, 1.82) is 0 Å². The number of nitrogens with zero attached hydrogens (tertiary/aromatic N) is 1. The molecule has 0 atom stereocenters. The van der Waals surface area contributed by atoms with Gasteiger partial charge in [-0.25, -0.2) is 4.98 Å². The van der Waals surface area contributed by atoms with E-state index in [9.17, 15) is 0 Å². The number of nitrogen functional groups attached to an aromatic ring is 1. The van der Waals surface area contributed by atoms with Crippen molar-refractivity contribution in [3.8, 4) is 0 Å². The number of nitrogens with two attached hydrogens (primary N) is 1. The lowest BCUT2D eigenvalue weighted by Gasteiger charge is -1.74. The number of rotatable bonds is 0. The van der Waals surface area contributed by atoms with E-state index in [2.05, 4.69) is 4.98 Å². The average molecular weight is 95.9 g/mol. The topological polar surface area (TPSA) is 52.0 Å². The predicted octanol–water partition coefficient (Wildman–Crippen LogP) is -1.48. The van der Waals surface area contributed by atoms with Gasteiger partial charge in [0.05, 0.1) is 11.9 Å². The van der Waals surface area contributed by atoms with E-state index in [1.807, 2.05) is 0 Å². The van der Waals surface area contributed by atoms with E-state index in [-0.39, 0.29) is 6.01 Å². The quantitative estimate of drug-likeness (QED) is 0.400. The van der Waals surface area contributed by atoms with Crippen LogP contribution in [0, 0.1) is 0 Å². The van der Waals surface area contributed by atoms with E-state index in [1.54, 1.807) is 14.0 Å². The van der Waals surface area contributed by atoms with Gasteiger partial charge in [0.15, 0.2) is 7.85 Å². The van der Waals surface area contributed by atoms with Gasteiger partial charge in [-0.2, -0.15) is 0 Å². The highest BCUT2D eigenvalue weighted by Gasteiger charge is 1.88. The Bertz CT molecular complexity index is 145. The first kappa shape index (κ1) is 4.24. The van der Waals surface area contributed by atoms with Crippen molar-refractivity contribution in [2.75, 3.05) is 5.73 Å². The second-order valence-electron chi connectivity index (χ2n) is 1.31. The number of aromatic nitrogens is 1. The van der Waals surface area contributed by atoms with Crippen molar-refractivity contribution >= 4 is 19.5 Å². The van der Waals surface area contributed by atoms with E-state index in [1.165, 1.54) is 0 Å². The Morgan fingerprint density at radius 3 is 2.71 bits per heavy atom. The van der Waals surface area contributed by atoms with E-state index < -0.39 is 0 Å². The molecule has 1 aromatic rings. The second-order valence-corrected chi connectivity index (χ2v) is 1.31. The van der Waals surface area contributed by atoms with Crippen LogP contribution >= 0.6 is 0 Å². The second kappa shape index (κ2) is 1.29. The summed E-state index contributed by atoms with van der Waals surface area (Å²) in [6.45, 7) is 0. The van der Waals surface area contributed by atoms with Crippen LogP contribution in [0.25, 0.3) is 0 Å². The molecule has 0 saturated heterocycles. The van der Waals surface area contributed by atoms with Gasteiger partial charge in [-0.3, -0.25) is 0 Å². The molecule has 1 aromatic heterocycles. The third-order valence-corrected chi connectivity index (χ3v) is 0.639. The minimum Gasteiger partial charge on any atom is -0.440 e. The fourth-order valence-corrected chi connectivity index (χ4v) is 0.372. The molecule has 0 unspecified atom stereocenters. The maximum absolute atomic E-state index is 5.10. The molecule has 0 saturated carbocycles. The lowest BCUT2D eigenvalue weighted by molar-refractivity contribution is 0.614. The summed E-state index contributed by atoms with van der Waals surface area (Å²) in [4.78, 5) is 3.63. The van der Waals surface area contributed by atoms with Crippen LogP contribution in [-0.2, 0) is 0 Å². The molecule has 0 radical (unpaired) electrons. The number of oxazole rings is 1. The highest BCUT2D eigenvalue weighted by Crippen LogP contribution is 1.87. The molecule has 2 N–H and O–H groups in total. The molecule has 0 aliphatic heterocycles. The van der Waals surface area contributed by atoms with Crippen molar-refractivity contribution in [2.45, 2.75) is 0 Å². The Morgan fingerprint density at radius 1 is 1.86 bits per heavy atom. The summed E-state index contributed by atoms with van der Waals surface area (Å²) in [5.41, 5.74) is 5.85. The number of hydrogen-bond acceptors (Lipinski definition) is 3. The molecule has 0 fully saturated rings. The Labute approximate surface area is 41.9 Å². The van der Waals surface area contributed by atoms with Crippen molar-refractivity contribution in [3.63, 3.8) is 0 Å². The molecule has 0 aliphatic rings. The number of hydrogen-bond donors (Lipinski definition) is 1. The molecule has 0 aliphatic carbocycles. The summed E-state index contributed by atoms with van der Waals surface area (Å²) in [7, 11) is 1.80. The van der Waals surface area contributed by atoms with Crippen LogP contribution in [-0.4, -0.2) is 12.8 Å².